The van der Waals surface area contributed by atoms with Gasteiger partial charge in [0, 0.05) is 6.54 Å². The molecule has 0 radical (unpaired) electrons. The number of esters is 1. The fraction of sp³-hybridized carbons (Fsp3) is 0.500. The molecule has 0 atom stereocenters. The molecular formula is C16H21N3O3. The summed E-state index contributed by atoms with van der Waals surface area (Å²) in [6.45, 7) is 6.10. The molecule has 0 spiro atoms. The lowest BCUT2D eigenvalue weighted by Gasteiger charge is -2.14. The molecule has 0 amide bonds. The molecule has 3 heterocycles. The van der Waals surface area contributed by atoms with E-state index in [2.05, 4.69) is 10.00 Å². The van der Waals surface area contributed by atoms with Crippen LogP contribution in [-0.4, -0.2) is 53.3 Å². The van der Waals surface area contributed by atoms with Crippen LogP contribution < -0.4 is 4.74 Å². The van der Waals surface area contributed by atoms with Crippen LogP contribution in [0, 0.1) is 0 Å². The lowest BCUT2D eigenvalue weighted by atomic mass is 10.2. The SMILES string of the molecule is CCOC(=O)c1cnn2cc(OCCN3CCCC3)ccc12. The number of hydrogen-bond donors (Lipinski definition) is 0. The normalized spacial score (nSPS) is 15.3. The number of carbonyl (C=O) groups excluding carboxylic acids is 1. The van der Waals surface area contributed by atoms with E-state index >= 15 is 0 Å². The molecule has 2 aromatic heterocycles. The number of pyridine rings is 1. The van der Waals surface area contributed by atoms with Gasteiger partial charge in [0.25, 0.3) is 0 Å². The molecule has 6 heteroatoms. The third-order valence-corrected chi connectivity index (χ3v) is 3.86. The van der Waals surface area contributed by atoms with Crippen molar-refractivity contribution in [2.75, 3.05) is 32.8 Å². The number of carbonyl (C=O) groups is 1. The van der Waals surface area contributed by atoms with Gasteiger partial charge >= 0.3 is 5.97 Å². The summed E-state index contributed by atoms with van der Waals surface area (Å²) in [6, 6.07) is 3.70. The minimum absolute atomic E-state index is 0.347. The molecule has 1 saturated heterocycles. The fourth-order valence-electron chi connectivity index (χ4n) is 2.72. The molecule has 1 aliphatic heterocycles. The van der Waals surface area contributed by atoms with Gasteiger partial charge in [-0.05, 0) is 45.0 Å². The molecule has 0 unspecified atom stereocenters. The van der Waals surface area contributed by atoms with Crippen LogP contribution in [0.5, 0.6) is 5.75 Å². The molecule has 2 aromatic rings. The third-order valence-electron chi connectivity index (χ3n) is 3.86. The molecule has 6 nitrogen and oxygen atoms in total. The maximum atomic E-state index is 11.8. The van der Waals surface area contributed by atoms with Crippen molar-refractivity contribution in [3.8, 4) is 5.75 Å². The molecule has 22 heavy (non-hydrogen) atoms. The van der Waals surface area contributed by atoms with Crippen molar-refractivity contribution in [1.29, 1.82) is 0 Å². The number of nitrogens with zero attached hydrogens (tertiary/aromatic N) is 3. The monoisotopic (exact) mass is 303 g/mol. The Balaban J connectivity index is 1.64. The number of hydrogen-bond acceptors (Lipinski definition) is 5. The molecule has 0 aliphatic carbocycles. The van der Waals surface area contributed by atoms with E-state index in [4.69, 9.17) is 9.47 Å². The van der Waals surface area contributed by atoms with Gasteiger partial charge in [0.1, 0.15) is 17.9 Å². The summed E-state index contributed by atoms with van der Waals surface area (Å²) in [5, 5.41) is 4.19. The molecular weight excluding hydrogens is 282 g/mol. The lowest BCUT2D eigenvalue weighted by Crippen LogP contribution is -2.25. The van der Waals surface area contributed by atoms with E-state index in [1.54, 1.807) is 17.6 Å². The Bertz CT molecular complexity index is 647. The Kier molecular flexibility index (Phi) is 4.58. The molecule has 3 rings (SSSR count). The summed E-state index contributed by atoms with van der Waals surface area (Å²) >= 11 is 0. The first-order valence-electron chi connectivity index (χ1n) is 7.77. The van der Waals surface area contributed by atoms with E-state index in [-0.39, 0.29) is 5.97 Å². The number of ether oxygens (including phenoxy) is 2. The zero-order valence-corrected chi connectivity index (χ0v) is 12.8. The van der Waals surface area contributed by atoms with Crippen molar-refractivity contribution in [2.24, 2.45) is 0 Å². The average molecular weight is 303 g/mol. The molecule has 118 valence electrons. The van der Waals surface area contributed by atoms with Crippen LogP contribution in [0.1, 0.15) is 30.1 Å². The highest BCUT2D eigenvalue weighted by atomic mass is 16.5. The van der Waals surface area contributed by atoms with Crippen LogP contribution in [0.15, 0.2) is 24.5 Å². The Morgan fingerprint density at radius 2 is 2.14 bits per heavy atom. The molecule has 0 N–H and O–H groups in total. The summed E-state index contributed by atoms with van der Waals surface area (Å²) in [5.74, 6) is 0.408. The molecule has 1 fully saturated rings. The molecule has 0 saturated carbocycles. The maximum absolute atomic E-state index is 11.8. The quantitative estimate of drug-likeness (QED) is 0.764. The Morgan fingerprint density at radius 1 is 1.32 bits per heavy atom. The second kappa shape index (κ2) is 6.79. The standard InChI is InChI=1S/C16H21N3O3/c1-2-21-16(20)14-11-17-19-12-13(5-6-15(14)19)22-10-9-18-7-3-4-8-18/h5-6,11-12H,2-4,7-10H2,1H3. The predicted octanol–water partition coefficient (Wildman–Crippen LogP) is 1.99. The number of aromatic nitrogens is 2. The summed E-state index contributed by atoms with van der Waals surface area (Å²) in [5.41, 5.74) is 1.20. The Hall–Kier alpha value is -2.08. The van der Waals surface area contributed by atoms with Crippen LogP contribution in [0.25, 0.3) is 5.52 Å². The summed E-state index contributed by atoms with van der Waals surface area (Å²) < 4.78 is 12.4. The topological polar surface area (TPSA) is 56.1 Å². The van der Waals surface area contributed by atoms with Gasteiger partial charge in [-0.1, -0.05) is 0 Å². The van der Waals surface area contributed by atoms with Gasteiger partial charge in [-0.15, -0.1) is 0 Å². The average Bonchev–Trinajstić information content (AvgIpc) is 3.16. The van der Waals surface area contributed by atoms with E-state index < -0.39 is 0 Å². The van der Waals surface area contributed by atoms with Gasteiger partial charge < -0.3 is 9.47 Å². The first-order chi connectivity index (χ1) is 10.8. The van der Waals surface area contributed by atoms with E-state index in [9.17, 15) is 4.79 Å². The smallest absolute Gasteiger partial charge is 0.341 e. The molecule has 0 bridgehead atoms. The zero-order chi connectivity index (χ0) is 15.4. The number of fused-ring (bicyclic) bond motifs is 1. The predicted molar refractivity (Wildman–Crippen MR) is 82.3 cm³/mol. The Morgan fingerprint density at radius 3 is 2.91 bits per heavy atom. The highest BCUT2D eigenvalue weighted by Gasteiger charge is 2.14. The van der Waals surface area contributed by atoms with E-state index in [1.807, 2.05) is 12.1 Å². The maximum Gasteiger partial charge on any atom is 0.341 e. The number of likely N-dealkylation sites (tertiary alicyclic amines) is 1. The highest BCUT2D eigenvalue weighted by Crippen LogP contribution is 2.17. The minimum Gasteiger partial charge on any atom is -0.491 e. The minimum atomic E-state index is -0.347. The van der Waals surface area contributed by atoms with Crippen LogP contribution >= 0.6 is 0 Å². The van der Waals surface area contributed by atoms with Crippen LogP contribution in [0.4, 0.5) is 0 Å². The van der Waals surface area contributed by atoms with Gasteiger partial charge in [0.2, 0.25) is 0 Å². The van der Waals surface area contributed by atoms with Gasteiger partial charge in [0.15, 0.2) is 0 Å². The largest absolute Gasteiger partial charge is 0.491 e. The first kappa shape index (κ1) is 14.8. The van der Waals surface area contributed by atoms with Crippen LogP contribution in [0.3, 0.4) is 0 Å². The summed E-state index contributed by atoms with van der Waals surface area (Å²) in [7, 11) is 0. The van der Waals surface area contributed by atoms with Crippen molar-refractivity contribution in [1.82, 2.24) is 14.5 Å². The van der Waals surface area contributed by atoms with Crippen molar-refractivity contribution < 1.29 is 14.3 Å². The number of rotatable bonds is 6. The fourth-order valence-corrected chi connectivity index (χ4v) is 2.72. The van der Waals surface area contributed by atoms with Gasteiger partial charge in [-0.25, -0.2) is 9.31 Å². The summed E-state index contributed by atoms with van der Waals surface area (Å²) in [4.78, 5) is 14.2. The van der Waals surface area contributed by atoms with Crippen LogP contribution in [0.2, 0.25) is 0 Å². The van der Waals surface area contributed by atoms with Crippen molar-refractivity contribution in [3.63, 3.8) is 0 Å². The van der Waals surface area contributed by atoms with E-state index in [1.165, 1.54) is 32.1 Å². The first-order valence-corrected chi connectivity index (χ1v) is 7.77. The van der Waals surface area contributed by atoms with Crippen molar-refractivity contribution in [3.05, 3.63) is 30.1 Å². The van der Waals surface area contributed by atoms with Crippen molar-refractivity contribution in [2.45, 2.75) is 19.8 Å². The highest BCUT2D eigenvalue weighted by molar-refractivity contribution is 5.96. The second-order valence-electron chi connectivity index (χ2n) is 5.37. The van der Waals surface area contributed by atoms with E-state index in [0.717, 1.165) is 17.8 Å². The lowest BCUT2D eigenvalue weighted by molar-refractivity contribution is 0.0528. The molecule has 0 aromatic carbocycles. The second-order valence-corrected chi connectivity index (χ2v) is 5.37. The third kappa shape index (κ3) is 3.22. The molecule has 1 aliphatic rings. The Labute approximate surface area is 129 Å². The summed E-state index contributed by atoms with van der Waals surface area (Å²) in [6.07, 6.45) is 5.90. The van der Waals surface area contributed by atoms with Gasteiger partial charge in [-0.3, -0.25) is 4.90 Å². The zero-order valence-electron chi connectivity index (χ0n) is 12.8. The van der Waals surface area contributed by atoms with Gasteiger partial charge in [0.05, 0.1) is 24.5 Å². The van der Waals surface area contributed by atoms with E-state index in [0.29, 0.717) is 18.8 Å². The van der Waals surface area contributed by atoms with Crippen molar-refractivity contribution >= 4 is 11.5 Å². The van der Waals surface area contributed by atoms with Gasteiger partial charge in [-0.2, -0.15) is 5.10 Å². The van der Waals surface area contributed by atoms with Crippen LogP contribution in [-0.2, 0) is 4.74 Å².